The van der Waals surface area contributed by atoms with E-state index in [1.54, 1.807) is 7.05 Å². The summed E-state index contributed by atoms with van der Waals surface area (Å²) < 4.78 is 0. The monoisotopic (exact) mass is 444 g/mol. The predicted molar refractivity (Wildman–Crippen MR) is 110 cm³/mol. The lowest BCUT2D eigenvalue weighted by Crippen LogP contribution is -2.44. The molecule has 0 saturated carbocycles. The van der Waals surface area contributed by atoms with Crippen LogP contribution in [-0.4, -0.2) is 42.9 Å². The first-order valence-electron chi connectivity index (χ1n) is 8.34. The highest BCUT2D eigenvalue weighted by Gasteiger charge is 2.25. The van der Waals surface area contributed by atoms with E-state index < -0.39 is 0 Å². The summed E-state index contributed by atoms with van der Waals surface area (Å²) in [6.07, 6.45) is 1.54. The maximum absolute atomic E-state index is 11.7. The van der Waals surface area contributed by atoms with E-state index in [0.717, 1.165) is 32.0 Å². The highest BCUT2D eigenvalue weighted by molar-refractivity contribution is 14.0. The van der Waals surface area contributed by atoms with Gasteiger partial charge in [-0.15, -0.1) is 24.0 Å². The Morgan fingerprint density at radius 2 is 2.12 bits per heavy atom. The van der Waals surface area contributed by atoms with E-state index in [0.29, 0.717) is 6.42 Å². The molecule has 1 amide bonds. The second-order valence-electron chi connectivity index (χ2n) is 6.18. The first kappa shape index (κ1) is 20.7. The van der Waals surface area contributed by atoms with Gasteiger partial charge in [0.05, 0.1) is 0 Å². The molecule has 1 aromatic rings. The van der Waals surface area contributed by atoms with Crippen molar-refractivity contribution in [2.45, 2.75) is 46.2 Å². The highest BCUT2D eigenvalue weighted by atomic mass is 127. The molecule has 134 valence electrons. The number of aryl methyl sites for hydroxylation is 2. The van der Waals surface area contributed by atoms with Gasteiger partial charge in [-0.25, -0.2) is 0 Å². The molecule has 1 heterocycles. The van der Waals surface area contributed by atoms with Crippen molar-refractivity contribution in [2.24, 2.45) is 4.99 Å². The third-order valence-electron chi connectivity index (χ3n) is 4.35. The largest absolute Gasteiger partial charge is 0.352 e. The number of rotatable bonds is 4. The van der Waals surface area contributed by atoms with Crippen LogP contribution in [0.1, 0.15) is 36.5 Å². The Hall–Kier alpha value is -1.31. The van der Waals surface area contributed by atoms with Gasteiger partial charge in [0, 0.05) is 39.1 Å². The van der Waals surface area contributed by atoms with Gasteiger partial charge in [-0.2, -0.15) is 0 Å². The molecule has 1 aliphatic rings. The number of carbonyl (C=O) groups excluding carboxylic acids is 1. The molecule has 1 unspecified atom stereocenters. The number of likely N-dealkylation sites (tertiary alicyclic amines) is 1. The molecule has 0 bridgehead atoms. The van der Waals surface area contributed by atoms with E-state index in [1.165, 1.54) is 16.7 Å². The summed E-state index contributed by atoms with van der Waals surface area (Å²) in [5.41, 5.74) is 3.83. The number of nitrogens with zero attached hydrogens (tertiary/aromatic N) is 2. The minimum absolute atomic E-state index is 0. The van der Waals surface area contributed by atoms with Crippen LogP contribution in [0.4, 0.5) is 0 Å². The first-order valence-corrected chi connectivity index (χ1v) is 8.34. The quantitative estimate of drug-likeness (QED) is 0.427. The maximum Gasteiger partial charge on any atom is 0.222 e. The van der Waals surface area contributed by atoms with Gasteiger partial charge in [0.25, 0.3) is 0 Å². The fraction of sp³-hybridized carbons (Fsp3) is 0.556. The van der Waals surface area contributed by atoms with Gasteiger partial charge in [0.2, 0.25) is 5.91 Å². The zero-order chi connectivity index (χ0) is 16.8. The van der Waals surface area contributed by atoms with Gasteiger partial charge in [-0.05, 0) is 31.4 Å². The number of hydrogen-bond acceptors (Lipinski definition) is 2. The van der Waals surface area contributed by atoms with Crippen molar-refractivity contribution in [2.75, 3.05) is 20.1 Å². The Kier molecular flexibility index (Phi) is 8.52. The van der Waals surface area contributed by atoms with Gasteiger partial charge in [-0.3, -0.25) is 9.79 Å². The number of halogens is 1. The molecular formula is C18H29IN4O. The molecule has 1 aliphatic heterocycles. The lowest BCUT2D eigenvalue weighted by Gasteiger charge is -2.19. The average Bonchev–Trinajstić information content (AvgIpc) is 3.00. The zero-order valence-electron chi connectivity index (χ0n) is 15.1. The topological polar surface area (TPSA) is 56.7 Å². The molecule has 1 atom stereocenters. The van der Waals surface area contributed by atoms with Crippen molar-refractivity contribution in [3.8, 4) is 0 Å². The van der Waals surface area contributed by atoms with Crippen molar-refractivity contribution in [1.29, 1.82) is 0 Å². The molecule has 0 spiro atoms. The summed E-state index contributed by atoms with van der Waals surface area (Å²) >= 11 is 0. The van der Waals surface area contributed by atoms with Gasteiger partial charge in [0.15, 0.2) is 5.96 Å². The van der Waals surface area contributed by atoms with Crippen molar-refractivity contribution in [1.82, 2.24) is 15.5 Å². The summed E-state index contributed by atoms with van der Waals surface area (Å²) in [5, 5.41) is 6.79. The summed E-state index contributed by atoms with van der Waals surface area (Å²) in [7, 11) is 1.78. The van der Waals surface area contributed by atoms with Crippen LogP contribution in [0.15, 0.2) is 23.2 Å². The van der Waals surface area contributed by atoms with Gasteiger partial charge >= 0.3 is 0 Å². The van der Waals surface area contributed by atoms with E-state index in [-0.39, 0.29) is 35.9 Å². The van der Waals surface area contributed by atoms with Crippen LogP contribution in [0, 0.1) is 13.8 Å². The molecular weight excluding hydrogens is 415 g/mol. The maximum atomic E-state index is 11.7. The van der Waals surface area contributed by atoms with Crippen LogP contribution in [0.2, 0.25) is 0 Å². The normalized spacial score (nSPS) is 17.4. The van der Waals surface area contributed by atoms with E-state index in [1.807, 2.05) is 11.8 Å². The molecule has 0 aromatic heterocycles. The molecule has 6 heteroatoms. The molecule has 1 saturated heterocycles. The smallest absolute Gasteiger partial charge is 0.222 e. The van der Waals surface area contributed by atoms with Crippen molar-refractivity contribution in [3.05, 3.63) is 34.9 Å². The summed E-state index contributed by atoms with van der Waals surface area (Å²) in [5.74, 6) is 1.02. The molecule has 0 radical (unpaired) electrons. The van der Waals surface area contributed by atoms with Crippen molar-refractivity contribution < 1.29 is 4.79 Å². The number of hydrogen-bond donors (Lipinski definition) is 2. The number of aliphatic imine (C=N–C) groups is 1. The van der Waals surface area contributed by atoms with Crippen molar-refractivity contribution >= 4 is 35.8 Å². The second-order valence-corrected chi connectivity index (χ2v) is 6.18. The first-order chi connectivity index (χ1) is 11.0. The third kappa shape index (κ3) is 5.65. The molecule has 5 nitrogen and oxygen atoms in total. The molecule has 0 aliphatic carbocycles. The average molecular weight is 444 g/mol. The second kappa shape index (κ2) is 9.86. The van der Waals surface area contributed by atoms with Crippen LogP contribution < -0.4 is 10.6 Å². The molecule has 2 N–H and O–H groups in total. The third-order valence-corrected chi connectivity index (χ3v) is 4.35. The Bertz CT molecular complexity index is 588. The Morgan fingerprint density at radius 1 is 1.38 bits per heavy atom. The molecule has 1 fully saturated rings. The number of benzene rings is 1. The number of guanidine groups is 1. The number of carbonyl (C=O) groups is 1. The minimum Gasteiger partial charge on any atom is -0.352 e. The summed E-state index contributed by atoms with van der Waals surface area (Å²) in [6.45, 7) is 8.48. The minimum atomic E-state index is 0. The van der Waals surface area contributed by atoms with E-state index >= 15 is 0 Å². The number of nitrogens with one attached hydrogen (secondary N) is 2. The molecule has 24 heavy (non-hydrogen) atoms. The van der Waals surface area contributed by atoms with Crippen molar-refractivity contribution in [3.63, 3.8) is 0 Å². The van der Waals surface area contributed by atoms with E-state index in [9.17, 15) is 4.79 Å². The fourth-order valence-corrected chi connectivity index (χ4v) is 2.94. The Morgan fingerprint density at radius 3 is 2.75 bits per heavy atom. The Labute approximate surface area is 162 Å². The number of amides is 1. The van der Waals surface area contributed by atoms with Crippen LogP contribution in [0.3, 0.4) is 0 Å². The van der Waals surface area contributed by atoms with E-state index in [4.69, 9.17) is 0 Å². The standard InChI is InChI=1S/C18H28N4O.HI/c1-5-17(23)22-9-8-16(12-22)21-18(19-4)20-11-15-7-6-13(2)10-14(15)3;/h6-7,10,16H,5,8-9,11-12H2,1-4H3,(H2,19,20,21);1H. The fourth-order valence-electron chi connectivity index (χ4n) is 2.94. The summed E-state index contributed by atoms with van der Waals surface area (Å²) in [6, 6.07) is 6.75. The van der Waals surface area contributed by atoms with Crippen LogP contribution in [0.25, 0.3) is 0 Å². The Balaban J connectivity index is 0.00000288. The van der Waals surface area contributed by atoms with Crippen LogP contribution in [-0.2, 0) is 11.3 Å². The predicted octanol–water partition coefficient (Wildman–Crippen LogP) is 2.60. The van der Waals surface area contributed by atoms with Crippen LogP contribution >= 0.6 is 24.0 Å². The summed E-state index contributed by atoms with van der Waals surface area (Å²) in [4.78, 5) is 18.0. The molecule has 2 rings (SSSR count). The van der Waals surface area contributed by atoms with Crippen LogP contribution in [0.5, 0.6) is 0 Å². The highest BCUT2D eigenvalue weighted by Crippen LogP contribution is 2.11. The van der Waals surface area contributed by atoms with Gasteiger partial charge in [-0.1, -0.05) is 30.7 Å². The lowest BCUT2D eigenvalue weighted by molar-refractivity contribution is -0.129. The zero-order valence-corrected chi connectivity index (χ0v) is 17.4. The van der Waals surface area contributed by atoms with Gasteiger partial charge < -0.3 is 15.5 Å². The lowest BCUT2D eigenvalue weighted by atomic mass is 10.1. The molecule has 1 aromatic carbocycles. The SMILES string of the molecule is CCC(=O)N1CCC(NC(=NC)NCc2ccc(C)cc2C)C1.I. The van der Waals surface area contributed by atoms with E-state index in [2.05, 4.69) is 47.7 Å². The van der Waals surface area contributed by atoms with Gasteiger partial charge in [0.1, 0.15) is 0 Å².